The predicted molar refractivity (Wildman–Crippen MR) is 68.2 cm³/mol. The number of thiophene rings is 1. The molecule has 0 unspecified atom stereocenters. The van der Waals surface area contributed by atoms with E-state index in [9.17, 15) is 9.59 Å². The van der Waals surface area contributed by atoms with Crippen molar-refractivity contribution in [3.05, 3.63) is 21.9 Å². The molecule has 0 bridgehead atoms. The van der Waals surface area contributed by atoms with Gasteiger partial charge in [0.2, 0.25) is 0 Å². The first-order valence-corrected chi connectivity index (χ1v) is 6.86. The highest BCUT2D eigenvalue weighted by atomic mass is 32.1. The van der Waals surface area contributed by atoms with Crippen molar-refractivity contribution < 1.29 is 19.1 Å². The summed E-state index contributed by atoms with van der Waals surface area (Å²) in [4.78, 5) is 23.3. The van der Waals surface area contributed by atoms with Crippen LogP contribution in [0.2, 0.25) is 0 Å². The molecule has 2 heterocycles. The molecule has 0 amide bonds. The Balaban J connectivity index is 1.85. The van der Waals surface area contributed by atoms with E-state index in [1.807, 2.05) is 6.92 Å². The molecule has 5 heteroatoms. The fourth-order valence-corrected chi connectivity index (χ4v) is 2.71. The Morgan fingerprint density at radius 2 is 2.28 bits per heavy atom. The third kappa shape index (κ3) is 3.17. The predicted octanol–water partition coefficient (Wildman–Crippen LogP) is 2.68. The Hall–Kier alpha value is -1.20. The van der Waals surface area contributed by atoms with Crippen molar-refractivity contribution in [2.24, 2.45) is 0 Å². The number of rotatable bonds is 4. The lowest BCUT2D eigenvalue weighted by Crippen LogP contribution is -2.18. The summed E-state index contributed by atoms with van der Waals surface area (Å²) in [5, 5.41) is 1.67. The first-order valence-electron chi connectivity index (χ1n) is 5.98. The first kappa shape index (κ1) is 13.2. The van der Waals surface area contributed by atoms with E-state index in [0.29, 0.717) is 10.4 Å². The molecule has 1 aliphatic heterocycles. The van der Waals surface area contributed by atoms with E-state index in [-0.39, 0.29) is 30.6 Å². The van der Waals surface area contributed by atoms with Crippen LogP contribution in [-0.4, -0.2) is 30.6 Å². The van der Waals surface area contributed by atoms with Crippen molar-refractivity contribution >= 4 is 23.1 Å². The maximum atomic E-state index is 11.7. The molecular weight excluding hydrogens is 252 g/mol. The van der Waals surface area contributed by atoms with Gasteiger partial charge >= 0.3 is 5.97 Å². The number of carbonyl (C=O) groups excluding carboxylic acids is 2. The Morgan fingerprint density at radius 3 is 2.83 bits per heavy atom. The minimum Gasteiger partial charge on any atom is -0.459 e. The highest BCUT2D eigenvalue weighted by molar-refractivity contribution is 7.12. The maximum absolute atomic E-state index is 11.7. The van der Waals surface area contributed by atoms with Gasteiger partial charge in [-0.1, -0.05) is 0 Å². The zero-order valence-corrected chi connectivity index (χ0v) is 11.3. The minimum absolute atomic E-state index is 0.0104. The average molecular weight is 268 g/mol. The van der Waals surface area contributed by atoms with E-state index in [1.165, 1.54) is 18.3 Å². The highest BCUT2D eigenvalue weighted by Crippen LogP contribution is 2.21. The summed E-state index contributed by atoms with van der Waals surface area (Å²) in [6.07, 6.45) is 2.20. The molecule has 18 heavy (non-hydrogen) atoms. The monoisotopic (exact) mass is 268 g/mol. The van der Waals surface area contributed by atoms with Crippen LogP contribution in [0.25, 0.3) is 0 Å². The van der Waals surface area contributed by atoms with Crippen molar-refractivity contribution in [1.82, 2.24) is 0 Å². The van der Waals surface area contributed by atoms with Crippen LogP contribution in [0.5, 0.6) is 0 Å². The number of ether oxygens (including phenoxy) is 2. The maximum Gasteiger partial charge on any atom is 0.348 e. The summed E-state index contributed by atoms with van der Waals surface area (Å²) in [7, 11) is 0. The van der Waals surface area contributed by atoms with Gasteiger partial charge in [0.15, 0.2) is 5.78 Å². The van der Waals surface area contributed by atoms with Crippen molar-refractivity contribution in [3.63, 3.8) is 0 Å². The third-order valence-electron chi connectivity index (χ3n) is 2.93. The van der Waals surface area contributed by atoms with Crippen LogP contribution in [0.1, 0.15) is 46.7 Å². The summed E-state index contributed by atoms with van der Waals surface area (Å²) in [5.41, 5.74) is 0.553. The van der Waals surface area contributed by atoms with Gasteiger partial charge in [0.05, 0.1) is 12.2 Å². The fraction of sp³-hybridized carbons (Fsp3) is 0.538. The molecule has 0 radical (unpaired) electrons. The Morgan fingerprint density at radius 1 is 1.50 bits per heavy atom. The second-order valence-corrected chi connectivity index (χ2v) is 5.41. The van der Waals surface area contributed by atoms with Gasteiger partial charge in [-0.3, -0.25) is 4.79 Å². The van der Waals surface area contributed by atoms with Crippen molar-refractivity contribution in [2.75, 3.05) is 6.61 Å². The molecule has 2 rings (SSSR count). The van der Waals surface area contributed by atoms with Gasteiger partial charge in [-0.05, 0) is 32.8 Å². The Kier molecular flexibility index (Phi) is 4.14. The number of carbonyl (C=O) groups is 2. The van der Waals surface area contributed by atoms with Gasteiger partial charge in [0.25, 0.3) is 0 Å². The van der Waals surface area contributed by atoms with Crippen LogP contribution in [0, 0.1) is 0 Å². The third-order valence-corrected chi connectivity index (χ3v) is 3.84. The number of hydrogen-bond donors (Lipinski definition) is 0. The van der Waals surface area contributed by atoms with Crippen LogP contribution in [0.4, 0.5) is 0 Å². The van der Waals surface area contributed by atoms with Gasteiger partial charge in [-0.25, -0.2) is 4.79 Å². The van der Waals surface area contributed by atoms with Crippen LogP contribution in [0.15, 0.2) is 11.4 Å². The molecule has 0 spiro atoms. The fourth-order valence-electron chi connectivity index (χ4n) is 1.88. The number of hydrogen-bond acceptors (Lipinski definition) is 5. The molecule has 0 aromatic carbocycles. The van der Waals surface area contributed by atoms with E-state index in [2.05, 4.69) is 0 Å². The zero-order valence-electron chi connectivity index (χ0n) is 10.5. The molecule has 4 nitrogen and oxygen atoms in total. The Labute approximate surface area is 110 Å². The lowest BCUT2D eigenvalue weighted by atomic mass is 10.2. The average Bonchev–Trinajstić information content (AvgIpc) is 2.94. The van der Waals surface area contributed by atoms with Gasteiger partial charge < -0.3 is 9.47 Å². The number of Topliss-reactive ketones (excluding diaryl/α,β-unsaturated/α-hetero) is 1. The number of ketones is 1. The SMILES string of the molecule is CC(=O)c1csc(C(=O)OC[C@H]2CC[C@H](C)O2)c1. The summed E-state index contributed by atoms with van der Waals surface area (Å²) in [6, 6.07) is 1.58. The normalized spacial score (nSPS) is 23.0. The van der Waals surface area contributed by atoms with Crippen molar-refractivity contribution in [1.29, 1.82) is 0 Å². The molecule has 98 valence electrons. The summed E-state index contributed by atoms with van der Waals surface area (Å²) in [6.45, 7) is 3.78. The van der Waals surface area contributed by atoms with E-state index in [4.69, 9.17) is 9.47 Å². The molecule has 1 saturated heterocycles. The van der Waals surface area contributed by atoms with Crippen LogP contribution in [0.3, 0.4) is 0 Å². The largest absolute Gasteiger partial charge is 0.459 e. The topological polar surface area (TPSA) is 52.6 Å². The standard InChI is InChI=1S/C13H16O4S/c1-8-3-4-11(17-8)6-16-13(15)12-5-10(7-18-12)9(2)14/h5,7-8,11H,3-4,6H2,1-2H3/t8-,11+/m0/s1. The van der Waals surface area contributed by atoms with Gasteiger partial charge in [-0.15, -0.1) is 11.3 Å². The molecule has 1 fully saturated rings. The molecule has 0 aliphatic carbocycles. The molecular formula is C13H16O4S. The number of esters is 1. The van der Waals surface area contributed by atoms with Crippen LogP contribution in [-0.2, 0) is 9.47 Å². The van der Waals surface area contributed by atoms with Gasteiger partial charge in [0, 0.05) is 10.9 Å². The summed E-state index contributed by atoms with van der Waals surface area (Å²) >= 11 is 1.23. The summed E-state index contributed by atoms with van der Waals surface area (Å²) < 4.78 is 10.8. The summed E-state index contributed by atoms with van der Waals surface area (Å²) in [5.74, 6) is -0.422. The molecule has 1 aromatic heterocycles. The minimum atomic E-state index is -0.379. The smallest absolute Gasteiger partial charge is 0.348 e. The van der Waals surface area contributed by atoms with Crippen molar-refractivity contribution in [2.45, 2.75) is 38.9 Å². The van der Waals surface area contributed by atoms with Gasteiger partial charge in [-0.2, -0.15) is 0 Å². The first-order chi connectivity index (χ1) is 8.56. The van der Waals surface area contributed by atoms with E-state index >= 15 is 0 Å². The second kappa shape index (κ2) is 5.63. The lowest BCUT2D eigenvalue weighted by molar-refractivity contribution is -0.00237. The second-order valence-electron chi connectivity index (χ2n) is 4.50. The Bertz CT molecular complexity index is 452. The molecule has 1 aromatic rings. The van der Waals surface area contributed by atoms with E-state index < -0.39 is 0 Å². The van der Waals surface area contributed by atoms with Gasteiger partial charge in [0.1, 0.15) is 11.5 Å². The van der Waals surface area contributed by atoms with Crippen LogP contribution >= 0.6 is 11.3 Å². The van der Waals surface area contributed by atoms with E-state index in [0.717, 1.165) is 12.8 Å². The molecule has 1 aliphatic rings. The quantitative estimate of drug-likeness (QED) is 0.622. The molecule has 0 saturated carbocycles. The van der Waals surface area contributed by atoms with Crippen molar-refractivity contribution in [3.8, 4) is 0 Å². The highest BCUT2D eigenvalue weighted by Gasteiger charge is 2.23. The molecule has 2 atom stereocenters. The van der Waals surface area contributed by atoms with Crippen LogP contribution < -0.4 is 0 Å². The molecule has 0 N–H and O–H groups in total. The zero-order chi connectivity index (χ0) is 13.1. The lowest BCUT2D eigenvalue weighted by Gasteiger charge is -2.10. The van der Waals surface area contributed by atoms with E-state index in [1.54, 1.807) is 11.4 Å².